The number of rotatable bonds is 7. The van der Waals surface area contributed by atoms with Crippen LogP contribution < -0.4 is 9.47 Å². The van der Waals surface area contributed by atoms with Crippen LogP contribution in [0.4, 0.5) is 0 Å². The van der Waals surface area contributed by atoms with Crippen molar-refractivity contribution in [1.82, 2.24) is 4.31 Å². The molecule has 0 radical (unpaired) electrons. The third-order valence-corrected chi connectivity index (χ3v) is 7.57. The first-order chi connectivity index (χ1) is 13.1. The van der Waals surface area contributed by atoms with E-state index in [1.165, 1.54) is 12.0 Å². The van der Waals surface area contributed by atoms with Crippen molar-refractivity contribution >= 4 is 15.6 Å². The number of para-hydroxylation sites is 1. The van der Waals surface area contributed by atoms with E-state index in [-0.39, 0.29) is 6.04 Å². The molecule has 2 unspecified atom stereocenters. The highest BCUT2D eigenvalue weighted by atomic mass is 32.2. The molecule has 146 valence electrons. The molecule has 0 spiro atoms. The maximum atomic E-state index is 13.6. The molecule has 5 heteroatoms. The van der Waals surface area contributed by atoms with Gasteiger partial charge in [-0.05, 0) is 67.4 Å². The summed E-state index contributed by atoms with van der Waals surface area (Å²) in [5, 5.41) is 0. The van der Waals surface area contributed by atoms with Crippen LogP contribution in [0.1, 0.15) is 31.2 Å². The van der Waals surface area contributed by atoms with Gasteiger partial charge in [0.25, 0.3) is 0 Å². The monoisotopic (exact) mass is 387 g/mol. The third kappa shape index (κ3) is 4.47. The summed E-state index contributed by atoms with van der Waals surface area (Å²) in [6, 6.07) is 15.9. The molecule has 0 saturated carbocycles. The first-order valence-electron chi connectivity index (χ1n) is 9.46. The quantitative estimate of drug-likeness (QED) is 0.669. The van der Waals surface area contributed by atoms with Gasteiger partial charge in [0.05, 0.1) is 23.9 Å². The van der Waals surface area contributed by atoms with Gasteiger partial charge in [-0.1, -0.05) is 24.6 Å². The van der Waals surface area contributed by atoms with Gasteiger partial charge >= 0.3 is 0 Å². The summed E-state index contributed by atoms with van der Waals surface area (Å²) in [6.07, 6.45) is 5.14. The van der Waals surface area contributed by atoms with Crippen molar-refractivity contribution in [3.05, 3.63) is 54.1 Å². The van der Waals surface area contributed by atoms with Crippen LogP contribution in [-0.2, 0) is 16.1 Å². The number of ether oxygens (including phenoxy) is 2. The third-order valence-electron chi connectivity index (χ3n) is 5.32. The predicted octanol–water partition coefficient (Wildman–Crippen LogP) is 4.18. The molecule has 1 fully saturated rings. The largest absolute Gasteiger partial charge is 0.497 e. The van der Waals surface area contributed by atoms with Crippen LogP contribution in [0, 0.1) is 0 Å². The van der Waals surface area contributed by atoms with Gasteiger partial charge in [0.15, 0.2) is 0 Å². The van der Waals surface area contributed by atoms with Gasteiger partial charge in [-0.3, -0.25) is 0 Å². The molecular weight excluding hydrogens is 358 g/mol. The maximum Gasteiger partial charge on any atom is 0.122 e. The Kier molecular flexibility index (Phi) is 6.45. The second kappa shape index (κ2) is 8.81. The number of hydrogen-bond donors (Lipinski definition) is 0. The zero-order valence-electron chi connectivity index (χ0n) is 16.2. The van der Waals surface area contributed by atoms with Gasteiger partial charge in [-0.2, -0.15) is 0 Å². The molecule has 3 rings (SSSR count). The zero-order chi connectivity index (χ0) is 19.3. The van der Waals surface area contributed by atoms with Crippen LogP contribution in [0.3, 0.4) is 0 Å². The fourth-order valence-corrected chi connectivity index (χ4v) is 5.75. The number of piperidine rings is 1. The lowest BCUT2D eigenvalue weighted by Gasteiger charge is -2.38. The summed E-state index contributed by atoms with van der Waals surface area (Å²) in [4.78, 5) is 0.771. The summed E-state index contributed by atoms with van der Waals surface area (Å²) in [7, 11) is 0.831. The summed E-state index contributed by atoms with van der Waals surface area (Å²) >= 11 is 0. The van der Waals surface area contributed by atoms with Gasteiger partial charge in [-0.25, -0.2) is 8.51 Å². The average Bonchev–Trinajstić information content (AvgIpc) is 2.72. The molecule has 2 aromatic carbocycles. The minimum absolute atomic E-state index is 0.260. The first-order valence-corrected chi connectivity index (χ1v) is 11.1. The number of nitrogens with zero attached hydrogens (tertiary/aromatic N) is 1. The summed E-state index contributed by atoms with van der Waals surface area (Å²) < 4.78 is 26.5. The Balaban J connectivity index is 1.77. The van der Waals surface area contributed by atoms with Crippen LogP contribution in [0.25, 0.3) is 0 Å². The zero-order valence-corrected chi connectivity index (χ0v) is 17.0. The lowest BCUT2D eigenvalue weighted by atomic mass is 9.97. The molecule has 27 heavy (non-hydrogen) atoms. The van der Waals surface area contributed by atoms with E-state index in [1.807, 2.05) is 42.5 Å². The van der Waals surface area contributed by atoms with Crippen LogP contribution in [0.15, 0.2) is 53.4 Å². The Bertz CT molecular complexity index is 846. The highest BCUT2D eigenvalue weighted by molar-refractivity contribution is 7.98. The highest BCUT2D eigenvalue weighted by Crippen LogP contribution is 2.30. The fraction of sp³-hybridized carbons (Fsp3) is 0.409. The van der Waals surface area contributed by atoms with Gasteiger partial charge in [0, 0.05) is 17.5 Å². The standard InChI is InChI=1S/C22H29NO3S/c1-25-20-13-15-21(16-14-20)27(3,24)23-17-7-6-9-19(23)12-11-18-8-4-5-10-22(18)26-2/h4-5,8,10,13-16,19H,3,6-7,9,11-12,17H2,1-2H3. The molecule has 1 aliphatic rings. The Hall–Kier alpha value is -1.98. The molecule has 0 amide bonds. The molecule has 1 heterocycles. The van der Waals surface area contributed by atoms with Crippen molar-refractivity contribution in [2.45, 2.75) is 43.0 Å². The lowest BCUT2D eigenvalue weighted by molar-refractivity contribution is 0.250. The van der Waals surface area contributed by atoms with Gasteiger partial charge in [0.1, 0.15) is 11.5 Å². The van der Waals surface area contributed by atoms with E-state index in [1.54, 1.807) is 14.2 Å². The van der Waals surface area contributed by atoms with Crippen LogP contribution in [0.2, 0.25) is 0 Å². The Morgan fingerprint density at radius 2 is 1.81 bits per heavy atom. The maximum absolute atomic E-state index is 13.6. The molecule has 2 atom stereocenters. The Labute approximate surface area is 163 Å². The smallest absolute Gasteiger partial charge is 0.122 e. The SMILES string of the molecule is C=S(=O)(c1ccc(OC)cc1)N1CCCCC1CCc1ccccc1OC. The van der Waals surface area contributed by atoms with Gasteiger partial charge < -0.3 is 9.47 Å². The molecular formula is C22H29NO3S. The lowest BCUT2D eigenvalue weighted by Crippen LogP contribution is -2.43. The fourth-order valence-electron chi connectivity index (χ4n) is 3.81. The molecule has 0 aromatic heterocycles. The Morgan fingerprint density at radius 3 is 2.52 bits per heavy atom. The number of methoxy groups -OCH3 is 2. The van der Waals surface area contributed by atoms with Crippen molar-refractivity contribution < 1.29 is 13.7 Å². The second-order valence-electron chi connectivity index (χ2n) is 6.96. The van der Waals surface area contributed by atoms with Crippen molar-refractivity contribution in [3.8, 4) is 11.5 Å². The number of hydrogen-bond acceptors (Lipinski definition) is 3. The van der Waals surface area contributed by atoms with E-state index < -0.39 is 9.71 Å². The topological polar surface area (TPSA) is 38.8 Å². The van der Waals surface area contributed by atoms with E-state index in [9.17, 15) is 4.21 Å². The minimum atomic E-state index is -2.51. The normalized spacial score (nSPS) is 20.0. The van der Waals surface area contributed by atoms with Gasteiger partial charge in [0.2, 0.25) is 0 Å². The van der Waals surface area contributed by atoms with Crippen LogP contribution in [-0.4, -0.2) is 41.2 Å². The molecule has 0 aliphatic carbocycles. The molecule has 0 N–H and O–H groups in total. The molecule has 2 aromatic rings. The highest BCUT2D eigenvalue weighted by Gasteiger charge is 2.29. The van der Waals surface area contributed by atoms with E-state index in [0.717, 1.165) is 48.6 Å². The minimum Gasteiger partial charge on any atom is -0.497 e. The van der Waals surface area contributed by atoms with Crippen molar-refractivity contribution in [1.29, 1.82) is 0 Å². The molecule has 1 aliphatic heterocycles. The van der Waals surface area contributed by atoms with Gasteiger partial charge in [-0.15, -0.1) is 0 Å². The van der Waals surface area contributed by atoms with Crippen LogP contribution >= 0.6 is 0 Å². The van der Waals surface area contributed by atoms with Crippen molar-refractivity contribution in [2.75, 3.05) is 20.8 Å². The van der Waals surface area contributed by atoms with Crippen LogP contribution in [0.5, 0.6) is 11.5 Å². The van der Waals surface area contributed by atoms with E-state index in [0.29, 0.717) is 0 Å². The summed E-state index contributed by atoms with van der Waals surface area (Å²) in [5.74, 6) is 5.83. The van der Waals surface area contributed by atoms with E-state index >= 15 is 0 Å². The summed E-state index contributed by atoms with van der Waals surface area (Å²) in [6.45, 7) is 0.824. The molecule has 0 bridgehead atoms. The van der Waals surface area contributed by atoms with E-state index in [2.05, 4.69) is 16.2 Å². The second-order valence-corrected chi connectivity index (χ2v) is 9.18. The number of benzene rings is 2. The summed E-state index contributed by atoms with van der Waals surface area (Å²) in [5.41, 5.74) is 1.20. The van der Waals surface area contributed by atoms with Crippen molar-refractivity contribution in [3.63, 3.8) is 0 Å². The Morgan fingerprint density at radius 1 is 1.07 bits per heavy atom. The molecule has 1 saturated heterocycles. The predicted molar refractivity (Wildman–Crippen MR) is 112 cm³/mol. The first kappa shape index (κ1) is 19.8. The average molecular weight is 388 g/mol. The van der Waals surface area contributed by atoms with Crippen molar-refractivity contribution in [2.24, 2.45) is 0 Å². The van der Waals surface area contributed by atoms with E-state index in [4.69, 9.17) is 9.47 Å². The number of aryl methyl sites for hydroxylation is 1. The molecule has 4 nitrogen and oxygen atoms in total.